The number of nitrogens with zero attached hydrogens (tertiary/aromatic N) is 4. The Hall–Kier alpha value is -2.30. The largest absolute Gasteiger partial charge is 0.382 e. The Morgan fingerprint density at radius 1 is 1.27 bits per heavy atom. The van der Waals surface area contributed by atoms with Crippen LogP contribution >= 0.6 is 0 Å². The highest BCUT2D eigenvalue weighted by molar-refractivity contribution is 5.98. The van der Waals surface area contributed by atoms with Crippen LogP contribution in [0.1, 0.15) is 43.7 Å². The van der Waals surface area contributed by atoms with Crippen LogP contribution in [0.15, 0.2) is 45.5 Å². The van der Waals surface area contributed by atoms with Gasteiger partial charge in [-0.15, -0.1) is 0 Å². The minimum absolute atomic E-state index is 0.416. The summed E-state index contributed by atoms with van der Waals surface area (Å²) in [6, 6.07) is 4.15. The maximum absolute atomic E-state index is 4.84. The summed E-state index contributed by atoms with van der Waals surface area (Å²) in [7, 11) is 0. The van der Waals surface area contributed by atoms with Gasteiger partial charge in [-0.05, 0) is 37.5 Å². The molecular formula is C21H27N5. The van der Waals surface area contributed by atoms with Gasteiger partial charge in [0.25, 0.3) is 0 Å². The van der Waals surface area contributed by atoms with Gasteiger partial charge in [-0.3, -0.25) is 20.0 Å². The van der Waals surface area contributed by atoms with Crippen LogP contribution in [0.3, 0.4) is 0 Å². The molecule has 2 atom stereocenters. The van der Waals surface area contributed by atoms with Crippen LogP contribution < -0.4 is 5.32 Å². The summed E-state index contributed by atoms with van der Waals surface area (Å²) in [6.07, 6.45) is 13.8. The SMILES string of the molecule is C1=CC2=NCC(c3ncccc3NCCN=C3CC=NCC3)CC2CC1. The highest BCUT2D eigenvalue weighted by Crippen LogP contribution is 2.35. The van der Waals surface area contributed by atoms with Gasteiger partial charge in [0.05, 0.1) is 17.9 Å². The van der Waals surface area contributed by atoms with E-state index in [1.54, 1.807) is 0 Å². The fourth-order valence-electron chi connectivity index (χ4n) is 4.03. The monoisotopic (exact) mass is 349 g/mol. The number of rotatable bonds is 5. The Balaban J connectivity index is 1.38. The van der Waals surface area contributed by atoms with Gasteiger partial charge in [-0.2, -0.15) is 0 Å². The average molecular weight is 349 g/mol. The van der Waals surface area contributed by atoms with Crippen molar-refractivity contribution in [1.82, 2.24) is 4.98 Å². The molecule has 136 valence electrons. The quantitative estimate of drug-likeness (QED) is 0.824. The zero-order valence-corrected chi connectivity index (χ0v) is 15.3. The molecule has 0 saturated carbocycles. The molecule has 0 saturated heterocycles. The van der Waals surface area contributed by atoms with Crippen molar-refractivity contribution < 1.29 is 0 Å². The predicted octanol–water partition coefficient (Wildman–Crippen LogP) is 3.69. The number of allylic oxidation sites excluding steroid dienone is 2. The molecule has 0 aromatic carbocycles. The lowest BCUT2D eigenvalue weighted by atomic mass is 9.80. The van der Waals surface area contributed by atoms with Gasteiger partial charge in [-0.1, -0.05) is 6.08 Å². The smallest absolute Gasteiger partial charge is 0.0684 e. The van der Waals surface area contributed by atoms with Crippen molar-refractivity contribution in [3.8, 4) is 0 Å². The van der Waals surface area contributed by atoms with E-state index >= 15 is 0 Å². The van der Waals surface area contributed by atoms with E-state index in [4.69, 9.17) is 15.0 Å². The lowest BCUT2D eigenvalue weighted by Crippen LogP contribution is -2.26. The van der Waals surface area contributed by atoms with Crippen LogP contribution in [0.2, 0.25) is 0 Å². The molecule has 1 aromatic rings. The number of pyridine rings is 1. The molecule has 1 aromatic heterocycles. The third-order valence-electron chi connectivity index (χ3n) is 5.43. The van der Waals surface area contributed by atoms with E-state index in [0.717, 1.165) is 51.1 Å². The first-order chi connectivity index (χ1) is 12.9. The van der Waals surface area contributed by atoms with Crippen LogP contribution in [0.4, 0.5) is 5.69 Å². The molecule has 0 spiro atoms. The molecule has 2 aliphatic heterocycles. The molecule has 5 heteroatoms. The Morgan fingerprint density at radius 2 is 2.27 bits per heavy atom. The zero-order valence-electron chi connectivity index (χ0n) is 15.3. The molecule has 0 radical (unpaired) electrons. The summed E-state index contributed by atoms with van der Waals surface area (Å²) >= 11 is 0. The van der Waals surface area contributed by atoms with E-state index in [1.165, 1.54) is 30.0 Å². The Morgan fingerprint density at radius 3 is 3.19 bits per heavy atom. The Bertz CT molecular complexity index is 747. The summed E-state index contributed by atoms with van der Waals surface area (Å²) in [4.78, 5) is 18.5. The second-order valence-corrected chi connectivity index (χ2v) is 7.23. The van der Waals surface area contributed by atoms with Gasteiger partial charge in [0.1, 0.15) is 0 Å². The van der Waals surface area contributed by atoms with Crippen LogP contribution in [0.5, 0.6) is 0 Å². The number of aliphatic imine (C=N–C) groups is 3. The molecule has 1 aliphatic carbocycles. The first-order valence-corrected chi connectivity index (χ1v) is 9.80. The van der Waals surface area contributed by atoms with Crippen LogP contribution in [0.25, 0.3) is 0 Å². The first-order valence-electron chi connectivity index (χ1n) is 9.80. The van der Waals surface area contributed by atoms with Gasteiger partial charge in [-0.25, -0.2) is 0 Å². The fourth-order valence-corrected chi connectivity index (χ4v) is 4.03. The lowest BCUT2D eigenvalue weighted by molar-refractivity contribution is 0.475. The highest BCUT2D eigenvalue weighted by atomic mass is 14.9. The maximum Gasteiger partial charge on any atom is 0.0684 e. The molecule has 26 heavy (non-hydrogen) atoms. The summed E-state index contributed by atoms with van der Waals surface area (Å²) in [5, 5.41) is 3.56. The van der Waals surface area contributed by atoms with Crippen molar-refractivity contribution >= 4 is 23.3 Å². The second kappa shape index (κ2) is 8.39. The first kappa shape index (κ1) is 17.1. The van der Waals surface area contributed by atoms with Crippen LogP contribution in [-0.2, 0) is 0 Å². The molecule has 5 nitrogen and oxygen atoms in total. The summed E-state index contributed by atoms with van der Waals surface area (Å²) < 4.78 is 0. The molecular weight excluding hydrogens is 322 g/mol. The Labute approximate surface area is 155 Å². The van der Waals surface area contributed by atoms with Gasteiger partial charge in [0.2, 0.25) is 0 Å². The molecule has 3 aliphatic rings. The minimum atomic E-state index is 0.416. The topological polar surface area (TPSA) is 62.0 Å². The standard InChI is InChI=1S/C21H27N5/c1-2-5-19-16(4-1)14-17(15-26-19)21-20(6-3-9-25-21)24-13-12-23-18-7-10-22-11-8-18/h2-3,5-6,9-10,16-17,24H,1,4,7-8,11-15H2. The van der Waals surface area contributed by atoms with Gasteiger partial charge in [0.15, 0.2) is 0 Å². The van der Waals surface area contributed by atoms with Crippen molar-refractivity contribution in [3.63, 3.8) is 0 Å². The van der Waals surface area contributed by atoms with E-state index in [2.05, 4.69) is 28.5 Å². The summed E-state index contributed by atoms with van der Waals surface area (Å²) in [6.45, 7) is 3.38. The highest BCUT2D eigenvalue weighted by Gasteiger charge is 2.28. The average Bonchev–Trinajstić information content (AvgIpc) is 2.72. The van der Waals surface area contributed by atoms with E-state index in [0.29, 0.717) is 11.8 Å². The summed E-state index contributed by atoms with van der Waals surface area (Å²) in [5.41, 5.74) is 4.88. The molecule has 4 rings (SSSR count). The Kier molecular flexibility index (Phi) is 5.53. The fraction of sp³-hybridized carbons (Fsp3) is 0.524. The lowest BCUT2D eigenvalue weighted by Gasteiger charge is -2.30. The maximum atomic E-state index is 4.84. The molecule has 0 bridgehead atoms. The van der Waals surface area contributed by atoms with E-state index in [-0.39, 0.29) is 0 Å². The van der Waals surface area contributed by atoms with Gasteiger partial charge < -0.3 is 5.32 Å². The minimum Gasteiger partial charge on any atom is -0.382 e. The van der Waals surface area contributed by atoms with Crippen molar-refractivity contribution in [1.29, 1.82) is 0 Å². The van der Waals surface area contributed by atoms with Crippen molar-refractivity contribution in [2.45, 2.75) is 38.0 Å². The van der Waals surface area contributed by atoms with Crippen LogP contribution in [-0.4, -0.2) is 48.8 Å². The van der Waals surface area contributed by atoms with Crippen LogP contribution in [0, 0.1) is 5.92 Å². The number of fused-ring (bicyclic) bond motifs is 1. The summed E-state index contributed by atoms with van der Waals surface area (Å²) in [5.74, 6) is 1.02. The van der Waals surface area contributed by atoms with Crippen molar-refractivity contribution in [3.05, 3.63) is 36.2 Å². The van der Waals surface area contributed by atoms with Gasteiger partial charge in [0, 0.05) is 68.1 Å². The van der Waals surface area contributed by atoms with Crippen molar-refractivity contribution in [2.24, 2.45) is 20.9 Å². The number of anilines is 1. The molecule has 1 N–H and O–H groups in total. The third kappa shape index (κ3) is 4.09. The van der Waals surface area contributed by atoms with Gasteiger partial charge >= 0.3 is 0 Å². The van der Waals surface area contributed by atoms with E-state index in [1.807, 2.05) is 18.5 Å². The number of hydrogen-bond acceptors (Lipinski definition) is 5. The predicted molar refractivity (Wildman–Crippen MR) is 109 cm³/mol. The molecule has 0 amide bonds. The normalized spacial score (nSPS) is 26.5. The van der Waals surface area contributed by atoms with E-state index < -0.39 is 0 Å². The van der Waals surface area contributed by atoms with E-state index in [9.17, 15) is 0 Å². The second-order valence-electron chi connectivity index (χ2n) is 7.23. The third-order valence-corrected chi connectivity index (χ3v) is 5.43. The molecule has 3 heterocycles. The molecule has 0 fully saturated rings. The number of nitrogens with one attached hydrogen (secondary N) is 1. The van der Waals surface area contributed by atoms with Crippen molar-refractivity contribution in [2.75, 3.05) is 31.5 Å². The number of hydrogen-bond donors (Lipinski definition) is 1. The number of aromatic nitrogens is 1. The molecule has 2 unspecified atom stereocenters. The zero-order chi connectivity index (χ0) is 17.6.